The van der Waals surface area contributed by atoms with Crippen LogP contribution in [0.5, 0.6) is 0 Å². The fraction of sp³-hybridized carbons (Fsp3) is 0.176. The number of carbonyl (C=O) groups is 1. The Bertz CT molecular complexity index is 723. The zero-order chi connectivity index (χ0) is 15.7. The predicted octanol–water partition coefficient (Wildman–Crippen LogP) is 4.91. The Morgan fingerprint density at radius 2 is 1.59 bits per heavy atom. The smallest absolute Gasteiger partial charge is 0.240 e. The van der Waals surface area contributed by atoms with E-state index in [2.05, 4.69) is 37.0 Å². The Labute approximate surface area is 146 Å². The molecule has 0 aliphatic carbocycles. The van der Waals surface area contributed by atoms with E-state index in [-0.39, 0.29) is 11.9 Å². The number of benzene rings is 2. The summed E-state index contributed by atoms with van der Waals surface area (Å²) in [4.78, 5) is 11.9. The van der Waals surface area contributed by atoms with E-state index in [1.54, 1.807) is 11.9 Å². The summed E-state index contributed by atoms with van der Waals surface area (Å²) >= 11 is 6.88. The lowest BCUT2D eigenvalue weighted by molar-refractivity contribution is -0.130. The van der Waals surface area contributed by atoms with Crippen LogP contribution in [0.1, 0.15) is 30.5 Å². The molecule has 1 unspecified atom stereocenters. The summed E-state index contributed by atoms with van der Waals surface area (Å²) in [5.74, 6) is -0.0416. The van der Waals surface area contributed by atoms with Crippen molar-refractivity contribution in [2.24, 2.45) is 5.10 Å². The fourth-order valence-corrected chi connectivity index (χ4v) is 3.09. The van der Waals surface area contributed by atoms with Gasteiger partial charge in [0.05, 0.1) is 11.8 Å². The highest BCUT2D eigenvalue weighted by atomic mass is 79.9. The van der Waals surface area contributed by atoms with E-state index < -0.39 is 0 Å². The van der Waals surface area contributed by atoms with Crippen LogP contribution in [0.25, 0.3) is 0 Å². The lowest BCUT2D eigenvalue weighted by Gasteiger charge is -2.20. The van der Waals surface area contributed by atoms with E-state index in [0.29, 0.717) is 0 Å². The summed E-state index contributed by atoms with van der Waals surface area (Å²) in [5, 5.41) is 6.13. The maximum absolute atomic E-state index is 11.9. The second-order valence-corrected chi connectivity index (χ2v) is 7.02. The van der Waals surface area contributed by atoms with Gasteiger partial charge in [0.15, 0.2) is 0 Å². The first-order valence-corrected chi connectivity index (χ1v) is 8.52. The predicted molar refractivity (Wildman–Crippen MR) is 94.7 cm³/mol. The number of rotatable bonds is 2. The Morgan fingerprint density at radius 1 is 1.05 bits per heavy atom. The van der Waals surface area contributed by atoms with Gasteiger partial charge in [-0.15, -0.1) is 0 Å². The Kier molecular flexibility index (Phi) is 4.45. The maximum Gasteiger partial charge on any atom is 0.240 e. The van der Waals surface area contributed by atoms with Crippen LogP contribution in [0.2, 0.25) is 0 Å². The number of hydrogen-bond donors (Lipinski definition) is 0. The lowest BCUT2D eigenvalue weighted by atomic mass is 9.98. The summed E-state index contributed by atoms with van der Waals surface area (Å²) in [6.07, 6.45) is 0.725. The van der Waals surface area contributed by atoms with Crippen molar-refractivity contribution in [2.45, 2.75) is 19.4 Å². The molecule has 1 atom stereocenters. The van der Waals surface area contributed by atoms with Crippen LogP contribution in [-0.4, -0.2) is 16.6 Å². The molecule has 2 aromatic rings. The van der Waals surface area contributed by atoms with Crippen LogP contribution < -0.4 is 0 Å². The Morgan fingerprint density at radius 3 is 2.14 bits per heavy atom. The van der Waals surface area contributed by atoms with Crippen molar-refractivity contribution < 1.29 is 4.79 Å². The summed E-state index contributed by atoms with van der Waals surface area (Å²) in [6, 6.07) is 16.0. The van der Waals surface area contributed by atoms with Crippen LogP contribution in [0.3, 0.4) is 0 Å². The van der Waals surface area contributed by atoms with Gasteiger partial charge in [-0.2, -0.15) is 5.10 Å². The second kappa shape index (κ2) is 6.34. The molecule has 1 aliphatic heterocycles. The average Bonchev–Trinajstić information content (AvgIpc) is 2.94. The van der Waals surface area contributed by atoms with Gasteiger partial charge < -0.3 is 0 Å². The quantitative estimate of drug-likeness (QED) is 0.677. The van der Waals surface area contributed by atoms with Crippen molar-refractivity contribution in [3.05, 3.63) is 68.6 Å². The Hall–Kier alpha value is -1.46. The first-order valence-electron chi connectivity index (χ1n) is 6.93. The molecule has 3 rings (SSSR count). The fourth-order valence-electron chi connectivity index (χ4n) is 2.56. The molecule has 0 N–H and O–H groups in total. The molecule has 22 heavy (non-hydrogen) atoms. The molecule has 3 nitrogen and oxygen atoms in total. The molecule has 1 aliphatic rings. The molecule has 0 radical (unpaired) electrons. The van der Waals surface area contributed by atoms with Gasteiger partial charge in [-0.3, -0.25) is 4.79 Å². The van der Waals surface area contributed by atoms with E-state index in [1.165, 1.54) is 0 Å². The van der Waals surface area contributed by atoms with Gasteiger partial charge in [0.1, 0.15) is 0 Å². The number of carbonyl (C=O) groups excluding carboxylic acids is 1. The molecule has 0 saturated heterocycles. The molecule has 0 saturated carbocycles. The van der Waals surface area contributed by atoms with Gasteiger partial charge >= 0.3 is 0 Å². The molecule has 112 valence electrons. The molecule has 1 amide bonds. The molecule has 0 bridgehead atoms. The molecule has 2 aromatic carbocycles. The van der Waals surface area contributed by atoms with Crippen molar-refractivity contribution in [3.8, 4) is 0 Å². The molecular weight excluding hydrogens is 408 g/mol. The Balaban J connectivity index is 1.92. The number of hydrogen-bond acceptors (Lipinski definition) is 2. The molecule has 0 fully saturated rings. The molecule has 0 spiro atoms. The maximum atomic E-state index is 11.9. The zero-order valence-corrected chi connectivity index (χ0v) is 15.1. The second-order valence-electron chi connectivity index (χ2n) is 5.19. The van der Waals surface area contributed by atoms with Gasteiger partial charge in [-0.05, 0) is 35.4 Å². The third kappa shape index (κ3) is 3.15. The summed E-state index contributed by atoms with van der Waals surface area (Å²) in [5.41, 5.74) is 3.08. The molecule has 0 aromatic heterocycles. The minimum Gasteiger partial charge on any atom is -0.273 e. The van der Waals surface area contributed by atoms with Crippen molar-refractivity contribution in [1.82, 2.24) is 5.01 Å². The molecule has 5 heteroatoms. The van der Waals surface area contributed by atoms with Gasteiger partial charge in [-0.25, -0.2) is 5.01 Å². The summed E-state index contributed by atoms with van der Waals surface area (Å²) in [6.45, 7) is 1.56. The van der Waals surface area contributed by atoms with Crippen molar-refractivity contribution >= 4 is 43.5 Å². The molecule has 1 heterocycles. The largest absolute Gasteiger partial charge is 0.273 e. The monoisotopic (exact) mass is 420 g/mol. The van der Waals surface area contributed by atoms with Gasteiger partial charge in [0, 0.05) is 22.3 Å². The first kappa shape index (κ1) is 15.4. The standard InChI is InChI=1S/C17H14Br2N2O/c1-11(22)21-17(13-4-8-15(19)9-5-13)10-16(20-21)12-2-6-14(18)7-3-12/h2-9,17H,10H2,1H3. The average molecular weight is 422 g/mol. The normalized spacial score (nSPS) is 17.5. The van der Waals surface area contributed by atoms with E-state index in [9.17, 15) is 4.79 Å². The number of halogens is 2. The van der Waals surface area contributed by atoms with E-state index >= 15 is 0 Å². The van der Waals surface area contributed by atoms with E-state index in [4.69, 9.17) is 0 Å². The van der Waals surface area contributed by atoms with Crippen LogP contribution in [0.4, 0.5) is 0 Å². The zero-order valence-electron chi connectivity index (χ0n) is 12.0. The van der Waals surface area contributed by atoms with Gasteiger partial charge in [-0.1, -0.05) is 56.1 Å². The lowest BCUT2D eigenvalue weighted by Crippen LogP contribution is -2.24. The number of hydrazone groups is 1. The highest BCUT2D eigenvalue weighted by molar-refractivity contribution is 9.10. The van der Waals surface area contributed by atoms with Crippen LogP contribution >= 0.6 is 31.9 Å². The number of nitrogens with zero attached hydrogens (tertiary/aromatic N) is 2. The number of amides is 1. The highest BCUT2D eigenvalue weighted by Crippen LogP contribution is 2.33. The third-order valence-electron chi connectivity index (χ3n) is 3.67. The van der Waals surface area contributed by atoms with Crippen LogP contribution in [0, 0.1) is 0 Å². The SMILES string of the molecule is CC(=O)N1N=C(c2ccc(Br)cc2)CC1c1ccc(Br)cc1. The summed E-state index contributed by atoms with van der Waals surface area (Å²) in [7, 11) is 0. The minimum absolute atomic E-state index is 0.0377. The van der Waals surface area contributed by atoms with Crippen molar-refractivity contribution in [1.29, 1.82) is 0 Å². The van der Waals surface area contributed by atoms with E-state index in [1.807, 2.05) is 48.5 Å². The first-order chi connectivity index (χ1) is 10.5. The van der Waals surface area contributed by atoms with E-state index in [0.717, 1.165) is 32.2 Å². The minimum atomic E-state index is -0.0416. The van der Waals surface area contributed by atoms with Crippen molar-refractivity contribution in [2.75, 3.05) is 0 Å². The van der Waals surface area contributed by atoms with Gasteiger partial charge in [0.2, 0.25) is 5.91 Å². The molecular formula is C17H14Br2N2O. The highest BCUT2D eigenvalue weighted by Gasteiger charge is 2.31. The summed E-state index contributed by atoms with van der Waals surface area (Å²) < 4.78 is 2.06. The van der Waals surface area contributed by atoms with Crippen LogP contribution in [-0.2, 0) is 4.79 Å². The third-order valence-corrected chi connectivity index (χ3v) is 4.72. The van der Waals surface area contributed by atoms with Crippen molar-refractivity contribution in [3.63, 3.8) is 0 Å². The van der Waals surface area contributed by atoms with Crippen LogP contribution in [0.15, 0.2) is 62.6 Å². The van der Waals surface area contributed by atoms with Gasteiger partial charge in [0.25, 0.3) is 0 Å². The topological polar surface area (TPSA) is 32.7 Å².